The van der Waals surface area contributed by atoms with Crippen LogP contribution in [0.1, 0.15) is 39.0 Å². The van der Waals surface area contributed by atoms with Crippen LogP contribution in [0.25, 0.3) is 0 Å². The molecule has 0 aromatic carbocycles. The summed E-state index contributed by atoms with van der Waals surface area (Å²) in [6, 6.07) is 0. The van der Waals surface area contributed by atoms with Crippen LogP contribution in [0, 0.1) is 17.8 Å². The predicted octanol–water partition coefficient (Wildman–Crippen LogP) is 2.83. The zero-order valence-corrected chi connectivity index (χ0v) is 6.27. The lowest BCUT2D eigenvalue weighted by Crippen LogP contribution is -1.95. The highest BCUT2D eigenvalue weighted by atomic mass is 14.5. The molecular weight excluding hydrogens is 108 g/mol. The van der Waals surface area contributed by atoms with E-state index in [-0.39, 0.29) is 0 Å². The van der Waals surface area contributed by atoms with E-state index in [1.54, 1.807) is 12.8 Å². The molecule has 0 spiro atoms. The van der Waals surface area contributed by atoms with Gasteiger partial charge in [0, 0.05) is 0 Å². The number of fused-ring (bicyclic) bond motifs is 1. The van der Waals surface area contributed by atoms with Gasteiger partial charge in [0.15, 0.2) is 0 Å². The van der Waals surface area contributed by atoms with Crippen molar-refractivity contribution in [2.45, 2.75) is 39.0 Å². The molecule has 2 fully saturated rings. The molecule has 0 amide bonds. The highest BCUT2D eigenvalue weighted by molar-refractivity contribution is 4.91. The van der Waals surface area contributed by atoms with E-state index < -0.39 is 0 Å². The second kappa shape index (κ2) is 2.00. The van der Waals surface area contributed by atoms with Crippen LogP contribution in [-0.4, -0.2) is 0 Å². The van der Waals surface area contributed by atoms with Gasteiger partial charge in [0.2, 0.25) is 0 Å². The van der Waals surface area contributed by atoms with Gasteiger partial charge in [0.25, 0.3) is 0 Å². The van der Waals surface area contributed by atoms with E-state index in [0.29, 0.717) is 0 Å². The minimum atomic E-state index is 1.07. The molecule has 0 bridgehead atoms. The molecule has 2 saturated carbocycles. The third-order valence-electron chi connectivity index (χ3n) is 3.19. The molecule has 0 nitrogen and oxygen atoms in total. The Hall–Kier alpha value is 0. The van der Waals surface area contributed by atoms with Gasteiger partial charge in [-0.25, -0.2) is 0 Å². The summed E-state index contributed by atoms with van der Waals surface area (Å²) in [5.74, 6) is 3.40. The van der Waals surface area contributed by atoms with Crippen LogP contribution in [0.3, 0.4) is 0 Å². The molecule has 2 aliphatic carbocycles. The molecule has 3 atom stereocenters. The van der Waals surface area contributed by atoms with Crippen LogP contribution >= 0.6 is 0 Å². The monoisotopic (exact) mass is 124 g/mol. The molecule has 52 valence electrons. The lowest BCUT2D eigenvalue weighted by molar-refractivity contribution is 0.462. The molecule has 2 rings (SSSR count). The molecule has 0 heterocycles. The molecule has 2 aliphatic rings. The molecule has 9 heavy (non-hydrogen) atoms. The topological polar surface area (TPSA) is 0 Å². The maximum absolute atomic E-state index is 2.44. The smallest absolute Gasteiger partial charge is 0.0357 e. The Morgan fingerprint density at radius 3 is 2.78 bits per heavy atom. The summed E-state index contributed by atoms with van der Waals surface area (Å²) < 4.78 is 0. The van der Waals surface area contributed by atoms with Gasteiger partial charge in [-0.15, -0.1) is 0 Å². The molecular formula is C9H16. The van der Waals surface area contributed by atoms with Gasteiger partial charge in [-0.1, -0.05) is 32.6 Å². The summed E-state index contributed by atoms with van der Waals surface area (Å²) >= 11 is 0. The van der Waals surface area contributed by atoms with Gasteiger partial charge < -0.3 is 0 Å². The van der Waals surface area contributed by atoms with Crippen LogP contribution in [0.15, 0.2) is 0 Å². The second-order valence-electron chi connectivity index (χ2n) is 3.92. The van der Waals surface area contributed by atoms with E-state index in [4.69, 9.17) is 0 Å². The van der Waals surface area contributed by atoms with E-state index in [2.05, 4.69) is 6.92 Å². The van der Waals surface area contributed by atoms with Gasteiger partial charge in [0.05, 0.1) is 0 Å². The average Bonchev–Trinajstić information content (AvgIpc) is 2.55. The summed E-state index contributed by atoms with van der Waals surface area (Å²) in [7, 11) is 0. The largest absolute Gasteiger partial charge is 0.0622 e. The SMILES string of the molecule is CC1CCCCC2CC12. The molecule has 0 heteroatoms. The minimum absolute atomic E-state index is 1.07. The first kappa shape index (κ1) is 5.76. The standard InChI is InChI=1S/C9H16/c1-7-4-2-3-5-8-6-9(7)8/h7-9H,2-6H2,1H3. The first-order valence-electron chi connectivity index (χ1n) is 4.38. The highest BCUT2D eigenvalue weighted by Crippen LogP contribution is 2.50. The summed E-state index contributed by atoms with van der Waals surface area (Å²) in [4.78, 5) is 0. The quantitative estimate of drug-likeness (QED) is 0.466. The van der Waals surface area contributed by atoms with Crippen molar-refractivity contribution < 1.29 is 0 Å². The Labute approximate surface area is 57.6 Å². The molecule has 0 aromatic rings. The van der Waals surface area contributed by atoms with Crippen molar-refractivity contribution in [3.8, 4) is 0 Å². The van der Waals surface area contributed by atoms with E-state index >= 15 is 0 Å². The van der Waals surface area contributed by atoms with Gasteiger partial charge in [0.1, 0.15) is 0 Å². The van der Waals surface area contributed by atoms with Gasteiger partial charge in [-0.05, 0) is 24.2 Å². The van der Waals surface area contributed by atoms with Crippen LogP contribution < -0.4 is 0 Å². The molecule has 0 radical (unpaired) electrons. The molecule has 0 aliphatic heterocycles. The number of hydrogen-bond donors (Lipinski definition) is 0. The summed E-state index contributed by atoms with van der Waals surface area (Å²) in [6.07, 6.45) is 7.66. The van der Waals surface area contributed by atoms with E-state index in [1.807, 2.05) is 0 Å². The lowest BCUT2D eigenvalue weighted by atomic mass is 10.0. The third-order valence-corrected chi connectivity index (χ3v) is 3.19. The Bertz CT molecular complexity index is 107. The fourth-order valence-electron chi connectivity index (χ4n) is 2.39. The van der Waals surface area contributed by atoms with Gasteiger partial charge >= 0.3 is 0 Å². The van der Waals surface area contributed by atoms with E-state index in [9.17, 15) is 0 Å². The van der Waals surface area contributed by atoms with Crippen molar-refractivity contribution in [1.82, 2.24) is 0 Å². The molecule has 0 saturated heterocycles. The van der Waals surface area contributed by atoms with Crippen molar-refractivity contribution in [1.29, 1.82) is 0 Å². The zero-order chi connectivity index (χ0) is 6.27. The summed E-state index contributed by atoms with van der Waals surface area (Å²) in [5.41, 5.74) is 0. The maximum atomic E-state index is 2.44. The first-order chi connectivity index (χ1) is 4.38. The fraction of sp³-hybridized carbons (Fsp3) is 1.00. The Morgan fingerprint density at radius 2 is 1.89 bits per heavy atom. The van der Waals surface area contributed by atoms with Crippen molar-refractivity contribution in [3.05, 3.63) is 0 Å². The molecule has 0 N–H and O–H groups in total. The van der Waals surface area contributed by atoms with Crippen LogP contribution in [0.4, 0.5) is 0 Å². The van der Waals surface area contributed by atoms with E-state index in [1.165, 1.54) is 25.2 Å². The van der Waals surface area contributed by atoms with Crippen molar-refractivity contribution in [3.63, 3.8) is 0 Å². The van der Waals surface area contributed by atoms with Gasteiger partial charge in [-0.2, -0.15) is 0 Å². The Morgan fingerprint density at radius 1 is 1.11 bits per heavy atom. The number of hydrogen-bond acceptors (Lipinski definition) is 0. The van der Waals surface area contributed by atoms with Crippen LogP contribution in [0.2, 0.25) is 0 Å². The summed E-state index contributed by atoms with van der Waals surface area (Å²) in [5, 5.41) is 0. The zero-order valence-electron chi connectivity index (χ0n) is 6.27. The summed E-state index contributed by atoms with van der Waals surface area (Å²) in [6.45, 7) is 2.44. The van der Waals surface area contributed by atoms with Gasteiger partial charge in [-0.3, -0.25) is 0 Å². The van der Waals surface area contributed by atoms with E-state index in [0.717, 1.165) is 11.8 Å². The Balaban J connectivity index is 1.96. The highest BCUT2D eigenvalue weighted by Gasteiger charge is 2.41. The lowest BCUT2D eigenvalue weighted by Gasteiger charge is -2.04. The average molecular weight is 124 g/mol. The number of rotatable bonds is 0. The molecule has 0 aromatic heterocycles. The molecule has 3 unspecified atom stereocenters. The normalized spacial score (nSPS) is 49.7. The van der Waals surface area contributed by atoms with Crippen LogP contribution in [-0.2, 0) is 0 Å². The van der Waals surface area contributed by atoms with Crippen molar-refractivity contribution in [2.75, 3.05) is 0 Å². The van der Waals surface area contributed by atoms with Crippen molar-refractivity contribution in [2.24, 2.45) is 17.8 Å². The second-order valence-corrected chi connectivity index (χ2v) is 3.92. The fourth-order valence-corrected chi connectivity index (χ4v) is 2.39. The maximum Gasteiger partial charge on any atom is -0.0357 e. The predicted molar refractivity (Wildman–Crippen MR) is 39.2 cm³/mol. The van der Waals surface area contributed by atoms with Crippen molar-refractivity contribution >= 4 is 0 Å². The minimum Gasteiger partial charge on any atom is -0.0622 e. The third kappa shape index (κ3) is 0.997. The Kier molecular flexibility index (Phi) is 1.28. The van der Waals surface area contributed by atoms with Crippen LogP contribution in [0.5, 0.6) is 0 Å². The first-order valence-corrected chi connectivity index (χ1v) is 4.38.